The molecule has 158 valence electrons. The molecule has 0 aliphatic carbocycles. The first-order valence-electron chi connectivity index (χ1n) is 10.7. The summed E-state index contributed by atoms with van der Waals surface area (Å²) in [6, 6.07) is 25.4. The molecule has 0 saturated heterocycles. The number of aromatic nitrogens is 1. The highest BCUT2D eigenvalue weighted by atomic mass is 16.5. The molecule has 0 radical (unpaired) electrons. The van der Waals surface area contributed by atoms with Crippen molar-refractivity contribution in [2.75, 3.05) is 18.5 Å². The van der Waals surface area contributed by atoms with Crippen molar-refractivity contribution in [1.29, 1.82) is 0 Å². The Hall–Kier alpha value is -3.57. The van der Waals surface area contributed by atoms with Crippen LogP contribution in [0.4, 0.5) is 5.69 Å². The first-order chi connectivity index (χ1) is 15.3. The Labute approximate surface area is 182 Å². The number of quaternary nitrogens is 1. The number of hydrogen-bond donors (Lipinski definition) is 3. The van der Waals surface area contributed by atoms with Crippen LogP contribution < -0.4 is 15.4 Å². The van der Waals surface area contributed by atoms with Gasteiger partial charge in [-0.15, -0.1) is 0 Å². The predicted molar refractivity (Wildman–Crippen MR) is 124 cm³/mol. The van der Waals surface area contributed by atoms with Gasteiger partial charge < -0.3 is 20.4 Å². The minimum Gasteiger partial charge on any atom is -0.492 e. The van der Waals surface area contributed by atoms with Gasteiger partial charge >= 0.3 is 0 Å². The van der Waals surface area contributed by atoms with Gasteiger partial charge in [-0.3, -0.25) is 4.79 Å². The summed E-state index contributed by atoms with van der Waals surface area (Å²) < 4.78 is 5.67. The van der Waals surface area contributed by atoms with E-state index in [0.29, 0.717) is 18.0 Å². The van der Waals surface area contributed by atoms with Gasteiger partial charge in [0.2, 0.25) is 0 Å². The van der Waals surface area contributed by atoms with E-state index in [4.69, 9.17) is 4.74 Å². The highest BCUT2D eigenvalue weighted by Crippen LogP contribution is 2.25. The van der Waals surface area contributed by atoms with Crippen LogP contribution in [0.1, 0.15) is 24.1 Å². The Morgan fingerprint density at radius 2 is 1.74 bits per heavy atom. The molecule has 0 bridgehead atoms. The van der Waals surface area contributed by atoms with Crippen molar-refractivity contribution in [3.63, 3.8) is 0 Å². The van der Waals surface area contributed by atoms with E-state index in [2.05, 4.69) is 40.0 Å². The fourth-order valence-corrected chi connectivity index (χ4v) is 3.86. The highest BCUT2D eigenvalue weighted by Gasteiger charge is 2.25. The van der Waals surface area contributed by atoms with E-state index in [1.165, 1.54) is 10.9 Å². The second-order valence-electron chi connectivity index (χ2n) is 7.44. The third-order valence-electron chi connectivity index (χ3n) is 5.38. The van der Waals surface area contributed by atoms with Crippen LogP contribution in [0.5, 0.6) is 5.75 Å². The van der Waals surface area contributed by atoms with Crippen LogP contribution in [0.2, 0.25) is 0 Å². The lowest BCUT2D eigenvalue weighted by Crippen LogP contribution is -2.87. The lowest BCUT2D eigenvalue weighted by Gasteiger charge is -2.17. The van der Waals surface area contributed by atoms with Crippen LogP contribution in [0.3, 0.4) is 0 Å². The van der Waals surface area contributed by atoms with Gasteiger partial charge in [0, 0.05) is 29.1 Å². The standard InChI is InChI=1S/C26H27N3O2/c1-2-31-24-15-9-8-14-23(24)29-26(30)25(19-10-4-3-5-11-19)27-17-16-20-18-28-22-13-7-6-12-21(20)22/h3-15,18,25,27-28H,2,16-17H2,1H3,(H,29,30)/p+1/t25-/m1/s1. The minimum atomic E-state index is -0.346. The fraction of sp³-hybridized carbons (Fsp3) is 0.192. The molecule has 5 nitrogen and oxygen atoms in total. The molecular weight excluding hydrogens is 386 g/mol. The van der Waals surface area contributed by atoms with E-state index < -0.39 is 0 Å². The molecule has 5 heteroatoms. The second kappa shape index (κ2) is 9.96. The molecule has 0 spiro atoms. The number of aromatic amines is 1. The number of fused-ring (bicyclic) bond motifs is 1. The molecule has 3 aromatic carbocycles. The van der Waals surface area contributed by atoms with Crippen molar-refractivity contribution < 1.29 is 14.8 Å². The summed E-state index contributed by atoms with van der Waals surface area (Å²) in [7, 11) is 0. The van der Waals surface area contributed by atoms with E-state index in [9.17, 15) is 4.79 Å². The largest absolute Gasteiger partial charge is 0.492 e. The third kappa shape index (κ3) is 4.95. The lowest BCUT2D eigenvalue weighted by atomic mass is 10.0. The van der Waals surface area contributed by atoms with Gasteiger partial charge in [-0.25, -0.2) is 0 Å². The summed E-state index contributed by atoms with van der Waals surface area (Å²) in [5.74, 6) is 0.626. The Bertz CT molecular complexity index is 1140. The van der Waals surface area contributed by atoms with Gasteiger partial charge in [-0.1, -0.05) is 60.7 Å². The number of ether oxygens (including phenoxy) is 1. The molecule has 4 rings (SSSR count). The molecule has 4 aromatic rings. The summed E-state index contributed by atoms with van der Waals surface area (Å²) in [4.78, 5) is 16.6. The molecule has 31 heavy (non-hydrogen) atoms. The van der Waals surface area contributed by atoms with Crippen LogP contribution in [0.15, 0.2) is 85.1 Å². The number of nitrogens with one attached hydrogen (secondary N) is 2. The zero-order valence-electron chi connectivity index (χ0n) is 17.7. The lowest BCUT2D eigenvalue weighted by molar-refractivity contribution is -0.682. The van der Waals surface area contributed by atoms with Crippen LogP contribution in [0, 0.1) is 0 Å². The molecule has 0 aliphatic rings. The van der Waals surface area contributed by atoms with E-state index in [1.54, 1.807) is 0 Å². The number of para-hydroxylation sites is 3. The number of rotatable bonds is 9. The molecule has 1 atom stereocenters. The minimum absolute atomic E-state index is 0.0581. The van der Waals surface area contributed by atoms with Crippen molar-refractivity contribution in [3.05, 3.63) is 96.2 Å². The monoisotopic (exact) mass is 414 g/mol. The summed E-state index contributed by atoms with van der Waals surface area (Å²) in [5.41, 5.74) is 4.08. The number of H-pyrrole nitrogens is 1. The third-order valence-corrected chi connectivity index (χ3v) is 5.38. The number of hydrogen-bond acceptors (Lipinski definition) is 2. The van der Waals surface area contributed by atoms with Gasteiger partial charge in [0.1, 0.15) is 5.75 Å². The second-order valence-corrected chi connectivity index (χ2v) is 7.44. The number of amides is 1. The highest BCUT2D eigenvalue weighted by molar-refractivity contribution is 5.95. The number of anilines is 1. The summed E-state index contributed by atoms with van der Waals surface area (Å²) in [6.07, 6.45) is 2.94. The maximum atomic E-state index is 13.3. The number of carbonyl (C=O) groups excluding carboxylic acids is 1. The van der Waals surface area contributed by atoms with Gasteiger partial charge in [0.15, 0.2) is 6.04 Å². The predicted octanol–water partition coefficient (Wildman–Crippen LogP) is 4.05. The Balaban J connectivity index is 1.49. The van der Waals surface area contributed by atoms with Crippen LogP contribution in [0.25, 0.3) is 10.9 Å². The topological polar surface area (TPSA) is 70.7 Å². The quantitative estimate of drug-likeness (QED) is 0.387. The van der Waals surface area contributed by atoms with Crippen molar-refractivity contribution >= 4 is 22.5 Å². The van der Waals surface area contributed by atoms with E-state index >= 15 is 0 Å². The maximum absolute atomic E-state index is 13.3. The number of benzene rings is 3. The molecule has 1 heterocycles. The number of carbonyl (C=O) groups is 1. The van der Waals surface area contributed by atoms with E-state index in [0.717, 1.165) is 24.0 Å². The Morgan fingerprint density at radius 3 is 2.58 bits per heavy atom. The van der Waals surface area contributed by atoms with Crippen molar-refractivity contribution in [3.8, 4) is 5.75 Å². The molecule has 0 unspecified atom stereocenters. The molecule has 4 N–H and O–H groups in total. The molecule has 0 fully saturated rings. The zero-order chi connectivity index (χ0) is 21.5. The SMILES string of the molecule is CCOc1ccccc1NC(=O)[C@H]([NH2+]CCc1c[nH]c2ccccc12)c1ccccc1. The average molecular weight is 415 g/mol. The normalized spacial score (nSPS) is 11.9. The first kappa shape index (κ1) is 20.7. The summed E-state index contributed by atoms with van der Waals surface area (Å²) in [6.45, 7) is 3.28. The average Bonchev–Trinajstić information content (AvgIpc) is 3.22. The Kier molecular flexibility index (Phi) is 6.65. The van der Waals surface area contributed by atoms with Crippen LogP contribution in [-0.4, -0.2) is 24.0 Å². The van der Waals surface area contributed by atoms with Gasteiger partial charge in [-0.05, 0) is 30.7 Å². The molecule has 1 aromatic heterocycles. The van der Waals surface area contributed by atoms with Crippen molar-refractivity contribution in [2.45, 2.75) is 19.4 Å². The maximum Gasteiger partial charge on any atom is 0.287 e. The van der Waals surface area contributed by atoms with Gasteiger partial charge in [0.05, 0.1) is 18.8 Å². The molecular formula is C26H28N3O2+. The first-order valence-corrected chi connectivity index (χ1v) is 10.7. The Morgan fingerprint density at radius 1 is 1.00 bits per heavy atom. The summed E-state index contributed by atoms with van der Waals surface area (Å²) in [5, 5.41) is 6.41. The van der Waals surface area contributed by atoms with Crippen LogP contribution in [-0.2, 0) is 11.2 Å². The zero-order valence-corrected chi connectivity index (χ0v) is 17.7. The van der Waals surface area contributed by atoms with Crippen molar-refractivity contribution in [2.24, 2.45) is 0 Å². The molecule has 0 saturated carbocycles. The van der Waals surface area contributed by atoms with Gasteiger partial charge in [0.25, 0.3) is 5.91 Å². The molecule has 0 aliphatic heterocycles. The van der Waals surface area contributed by atoms with E-state index in [-0.39, 0.29) is 11.9 Å². The van der Waals surface area contributed by atoms with E-state index in [1.807, 2.05) is 67.6 Å². The van der Waals surface area contributed by atoms with Crippen molar-refractivity contribution in [1.82, 2.24) is 4.98 Å². The van der Waals surface area contributed by atoms with Crippen LogP contribution >= 0.6 is 0 Å². The fourth-order valence-electron chi connectivity index (χ4n) is 3.86. The summed E-state index contributed by atoms with van der Waals surface area (Å²) >= 11 is 0. The molecule has 1 amide bonds. The number of nitrogens with two attached hydrogens (primary N) is 1. The van der Waals surface area contributed by atoms with Gasteiger partial charge in [-0.2, -0.15) is 0 Å². The smallest absolute Gasteiger partial charge is 0.287 e.